The number of rotatable bonds is 5. The second kappa shape index (κ2) is 6.78. The molecule has 1 aliphatic heterocycles. The molecule has 24 heavy (non-hydrogen) atoms. The van der Waals surface area contributed by atoms with Crippen molar-refractivity contribution in [3.63, 3.8) is 0 Å². The van der Waals surface area contributed by atoms with Gasteiger partial charge in [-0.05, 0) is 36.6 Å². The standard InChI is InChI=1S/C17H18FN5S/c18-14-4-2-13(3-5-14)17-21-15(10-24-17)8-19-7-12-1-6-16-22-20-11-23(16)9-12/h2-5,10-12,19H,1,6-9H2/t12-/m1/s1. The van der Waals surface area contributed by atoms with Crippen LogP contribution in [0.25, 0.3) is 10.6 Å². The number of nitrogens with one attached hydrogen (secondary N) is 1. The van der Waals surface area contributed by atoms with Crippen LogP contribution in [0.15, 0.2) is 36.0 Å². The lowest BCUT2D eigenvalue weighted by Crippen LogP contribution is -2.29. The molecule has 7 heteroatoms. The van der Waals surface area contributed by atoms with Crippen LogP contribution in [0.2, 0.25) is 0 Å². The fourth-order valence-electron chi connectivity index (χ4n) is 3.01. The largest absolute Gasteiger partial charge is 0.317 e. The van der Waals surface area contributed by atoms with E-state index in [1.807, 2.05) is 6.33 Å². The molecule has 0 radical (unpaired) electrons. The highest BCUT2D eigenvalue weighted by Gasteiger charge is 2.19. The van der Waals surface area contributed by atoms with Crippen molar-refractivity contribution in [2.75, 3.05) is 6.54 Å². The second-order valence-electron chi connectivity index (χ2n) is 6.09. The summed E-state index contributed by atoms with van der Waals surface area (Å²) in [7, 11) is 0. The van der Waals surface area contributed by atoms with Crippen molar-refractivity contribution in [3.05, 3.63) is 53.3 Å². The van der Waals surface area contributed by atoms with Crippen LogP contribution >= 0.6 is 11.3 Å². The molecule has 1 aliphatic rings. The lowest BCUT2D eigenvalue weighted by atomic mass is 9.99. The van der Waals surface area contributed by atoms with Gasteiger partial charge in [-0.3, -0.25) is 0 Å². The summed E-state index contributed by atoms with van der Waals surface area (Å²) in [5.74, 6) is 1.47. The van der Waals surface area contributed by atoms with Gasteiger partial charge >= 0.3 is 0 Å². The molecule has 124 valence electrons. The summed E-state index contributed by atoms with van der Waals surface area (Å²) < 4.78 is 15.1. The van der Waals surface area contributed by atoms with Crippen LogP contribution in [0.4, 0.5) is 4.39 Å². The Morgan fingerprint density at radius 1 is 1.29 bits per heavy atom. The van der Waals surface area contributed by atoms with Gasteiger partial charge in [0, 0.05) is 37.0 Å². The number of fused-ring (bicyclic) bond motifs is 1. The number of hydrogen-bond donors (Lipinski definition) is 1. The molecule has 3 heterocycles. The maximum atomic E-state index is 13.0. The van der Waals surface area contributed by atoms with Crippen LogP contribution in [0, 0.1) is 11.7 Å². The minimum absolute atomic E-state index is 0.221. The SMILES string of the molecule is Fc1ccc(-c2nc(CNC[C@H]3CCc4nncn4C3)cs2)cc1. The van der Waals surface area contributed by atoms with Crippen molar-refractivity contribution < 1.29 is 4.39 Å². The van der Waals surface area contributed by atoms with E-state index < -0.39 is 0 Å². The van der Waals surface area contributed by atoms with Gasteiger partial charge < -0.3 is 9.88 Å². The molecular formula is C17H18FN5S. The van der Waals surface area contributed by atoms with E-state index in [1.165, 1.54) is 12.1 Å². The lowest BCUT2D eigenvalue weighted by Gasteiger charge is -2.23. The normalized spacial score (nSPS) is 17.0. The van der Waals surface area contributed by atoms with Gasteiger partial charge in [0.25, 0.3) is 0 Å². The number of hydrogen-bond acceptors (Lipinski definition) is 5. The summed E-state index contributed by atoms with van der Waals surface area (Å²) in [4.78, 5) is 4.63. The van der Waals surface area contributed by atoms with Crippen LogP contribution in [-0.4, -0.2) is 26.3 Å². The van der Waals surface area contributed by atoms with Crippen LogP contribution < -0.4 is 5.32 Å². The fourth-order valence-corrected chi connectivity index (χ4v) is 3.84. The van der Waals surface area contributed by atoms with Crippen molar-refractivity contribution in [1.29, 1.82) is 0 Å². The molecule has 0 saturated carbocycles. The molecule has 0 saturated heterocycles. The Hall–Kier alpha value is -2.12. The summed E-state index contributed by atoms with van der Waals surface area (Å²) in [6.45, 7) is 2.69. The molecule has 0 spiro atoms. The Kier molecular flexibility index (Phi) is 4.36. The Morgan fingerprint density at radius 3 is 3.04 bits per heavy atom. The van der Waals surface area contributed by atoms with Crippen molar-refractivity contribution in [1.82, 2.24) is 25.1 Å². The number of benzene rings is 1. The van der Waals surface area contributed by atoms with Crippen molar-refractivity contribution in [3.8, 4) is 10.6 Å². The van der Waals surface area contributed by atoms with Crippen molar-refractivity contribution in [2.24, 2.45) is 5.92 Å². The molecule has 1 aromatic carbocycles. The van der Waals surface area contributed by atoms with E-state index in [0.29, 0.717) is 5.92 Å². The molecule has 1 N–H and O–H groups in total. The minimum atomic E-state index is -0.221. The van der Waals surface area contributed by atoms with Gasteiger partial charge in [-0.2, -0.15) is 0 Å². The van der Waals surface area contributed by atoms with Gasteiger partial charge in [0.15, 0.2) is 0 Å². The monoisotopic (exact) mass is 343 g/mol. The average molecular weight is 343 g/mol. The highest BCUT2D eigenvalue weighted by molar-refractivity contribution is 7.13. The number of aromatic nitrogens is 4. The number of thiazole rings is 1. The predicted octanol–water partition coefficient (Wildman–Crippen LogP) is 2.89. The van der Waals surface area contributed by atoms with Crippen LogP contribution in [0.1, 0.15) is 17.9 Å². The third-order valence-corrected chi connectivity index (χ3v) is 5.25. The Morgan fingerprint density at radius 2 is 2.17 bits per heavy atom. The highest BCUT2D eigenvalue weighted by atomic mass is 32.1. The summed E-state index contributed by atoms with van der Waals surface area (Å²) in [5.41, 5.74) is 1.99. The van der Waals surface area contributed by atoms with Gasteiger partial charge in [-0.25, -0.2) is 9.37 Å². The average Bonchev–Trinajstić information content (AvgIpc) is 3.24. The minimum Gasteiger partial charge on any atom is -0.317 e. The second-order valence-corrected chi connectivity index (χ2v) is 6.94. The third kappa shape index (κ3) is 3.37. The molecule has 0 amide bonds. The summed E-state index contributed by atoms with van der Waals surface area (Å²) in [6.07, 6.45) is 3.96. The van der Waals surface area contributed by atoms with Gasteiger partial charge in [0.2, 0.25) is 0 Å². The molecule has 0 fully saturated rings. The quantitative estimate of drug-likeness (QED) is 0.774. The van der Waals surface area contributed by atoms with Gasteiger partial charge in [0.05, 0.1) is 5.69 Å². The smallest absolute Gasteiger partial charge is 0.132 e. The first kappa shape index (κ1) is 15.4. The molecule has 0 bridgehead atoms. The molecule has 5 nitrogen and oxygen atoms in total. The zero-order valence-corrected chi connectivity index (χ0v) is 14.0. The molecular weight excluding hydrogens is 325 g/mol. The summed E-state index contributed by atoms with van der Waals surface area (Å²) >= 11 is 1.59. The first-order valence-corrected chi connectivity index (χ1v) is 8.93. The van der Waals surface area contributed by atoms with E-state index in [-0.39, 0.29) is 5.82 Å². The topological polar surface area (TPSA) is 55.6 Å². The Bertz CT molecular complexity index is 811. The van der Waals surface area contributed by atoms with Gasteiger partial charge in [0.1, 0.15) is 23.0 Å². The van der Waals surface area contributed by atoms with E-state index in [0.717, 1.165) is 54.6 Å². The van der Waals surface area contributed by atoms with E-state index in [4.69, 9.17) is 0 Å². The molecule has 4 rings (SSSR count). The first-order valence-electron chi connectivity index (χ1n) is 8.05. The summed E-state index contributed by atoms with van der Waals surface area (Å²) in [5, 5.41) is 14.6. The predicted molar refractivity (Wildman–Crippen MR) is 91.0 cm³/mol. The number of aryl methyl sites for hydroxylation is 1. The molecule has 0 aliphatic carbocycles. The van der Waals surface area contributed by atoms with Crippen molar-refractivity contribution >= 4 is 11.3 Å². The third-order valence-electron chi connectivity index (χ3n) is 4.31. The Labute approximate surface area is 143 Å². The van der Waals surface area contributed by atoms with Crippen LogP contribution in [0.3, 0.4) is 0 Å². The zero-order valence-electron chi connectivity index (χ0n) is 13.2. The van der Waals surface area contributed by atoms with E-state index in [1.54, 1.807) is 23.5 Å². The van der Waals surface area contributed by atoms with Gasteiger partial charge in [-0.15, -0.1) is 21.5 Å². The molecule has 2 aromatic heterocycles. The van der Waals surface area contributed by atoms with Crippen molar-refractivity contribution in [2.45, 2.75) is 25.9 Å². The van der Waals surface area contributed by atoms with E-state index in [2.05, 4.69) is 30.4 Å². The maximum absolute atomic E-state index is 13.0. The zero-order chi connectivity index (χ0) is 16.4. The maximum Gasteiger partial charge on any atom is 0.132 e. The van der Waals surface area contributed by atoms with E-state index in [9.17, 15) is 4.39 Å². The summed E-state index contributed by atoms with van der Waals surface area (Å²) in [6, 6.07) is 6.47. The Balaban J connectivity index is 1.30. The first-order chi connectivity index (χ1) is 11.8. The molecule has 1 atom stereocenters. The van der Waals surface area contributed by atoms with Crippen LogP contribution in [0.5, 0.6) is 0 Å². The van der Waals surface area contributed by atoms with Gasteiger partial charge in [-0.1, -0.05) is 0 Å². The highest BCUT2D eigenvalue weighted by Crippen LogP contribution is 2.24. The van der Waals surface area contributed by atoms with Crippen LogP contribution in [-0.2, 0) is 19.5 Å². The number of halogens is 1. The lowest BCUT2D eigenvalue weighted by molar-refractivity contribution is 0.347. The number of nitrogens with zero attached hydrogens (tertiary/aromatic N) is 4. The molecule has 3 aromatic rings. The van der Waals surface area contributed by atoms with E-state index >= 15 is 0 Å². The molecule has 0 unspecified atom stereocenters. The fraction of sp³-hybridized carbons (Fsp3) is 0.353.